The van der Waals surface area contributed by atoms with Crippen LogP contribution in [-0.2, 0) is 5.88 Å². The van der Waals surface area contributed by atoms with E-state index in [0.717, 1.165) is 16.1 Å². The monoisotopic (exact) mass is 174 g/mol. The second-order valence-electron chi connectivity index (χ2n) is 2.27. The fourth-order valence-electron chi connectivity index (χ4n) is 0.889. The van der Waals surface area contributed by atoms with Crippen LogP contribution >= 0.6 is 23.2 Å². The molecule has 0 unspecified atom stereocenters. The van der Waals surface area contributed by atoms with E-state index < -0.39 is 0 Å². The Morgan fingerprint density at radius 2 is 2.00 bits per heavy atom. The summed E-state index contributed by atoms with van der Waals surface area (Å²) in [5, 5.41) is 0.760. The lowest BCUT2D eigenvalue weighted by Gasteiger charge is -1.97. The summed E-state index contributed by atoms with van der Waals surface area (Å²) in [6.07, 6.45) is 0. The third-order valence-electron chi connectivity index (χ3n) is 1.26. The first kappa shape index (κ1) is 7.90. The lowest BCUT2D eigenvalue weighted by molar-refractivity contribution is 1.35. The molecule has 0 bridgehead atoms. The molecule has 0 aliphatic heterocycles. The van der Waals surface area contributed by atoms with Crippen LogP contribution in [-0.4, -0.2) is 0 Å². The van der Waals surface area contributed by atoms with Crippen LogP contribution in [0, 0.1) is 6.92 Å². The smallest absolute Gasteiger partial charge is 0.0474 e. The van der Waals surface area contributed by atoms with Gasteiger partial charge in [-0.15, -0.1) is 11.6 Å². The Labute approximate surface area is 70.8 Å². The SMILES string of the molecule is Cc1cc(Cl)cc(CCl)c1. The molecule has 1 aromatic rings. The number of hydrogen-bond acceptors (Lipinski definition) is 0. The molecule has 0 N–H and O–H groups in total. The van der Waals surface area contributed by atoms with E-state index in [1.54, 1.807) is 0 Å². The summed E-state index contributed by atoms with van der Waals surface area (Å²) in [6.45, 7) is 2.00. The van der Waals surface area contributed by atoms with Crippen molar-refractivity contribution >= 4 is 23.2 Å². The molecule has 0 aliphatic carbocycles. The third kappa shape index (κ3) is 1.89. The van der Waals surface area contributed by atoms with Gasteiger partial charge in [0, 0.05) is 10.9 Å². The minimum absolute atomic E-state index is 0.529. The molecule has 0 nitrogen and oxygen atoms in total. The Morgan fingerprint density at radius 1 is 1.30 bits per heavy atom. The molecule has 54 valence electrons. The largest absolute Gasteiger partial charge is 0.122 e. The Bertz CT molecular complexity index is 210. The van der Waals surface area contributed by atoms with E-state index >= 15 is 0 Å². The highest BCUT2D eigenvalue weighted by molar-refractivity contribution is 6.30. The molecule has 0 heterocycles. The van der Waals surface area contributed by atoms with Gasteiger partial charge in [0.25, 0.3) is 0 Å². The van der Waals surface area contributed by atoms with E-state index in [-0.39, 0.29) is 0 Å². The molecule has 2 heteroatoms. The van der Waals surface area contributed by atoms with Gasteiger partial charge < -0.3 is 0 Å². The molecule has 0 aromatic heterocycles. The summed E-state index contributed by atoms with van der Waals surface area (Å²) in [5.74, 6) is 0.529. The van der Waals surface area contributed by atoms with E-state index in [0.29, 0.717) is 5.88 Å². The summed E-state index contributed by atoms with van der Waals surface area (Å²) < 4.78 is 0. The average Bonchev–Trinajstić information content (AvgIpc) is 1.85. The summed E-state index contributed by atoms with van der Waals surface area (Å²) in [6, 6.07) is 5.82. The van der Waals surface area contributed by atoms with E-state index in [2.05, 4.69) is 0 Å². The molecule has 10 heavy (non-hydrogen) atoms. The normalized spacial score (nSPS) is 9.90. The minimum Gasteiger partial charge on any atom is -0.122 e. The van der Waals surface area contributed by atoms with E-state index in [1.807, 2.05) is 25.1 Å². The zero-order valence-electron chi connectivity index (χ0n) is 5.70. The van der Waals surface area contributed by atoms with Gasteiger partial charge in [-0.25, -0.2) is 0 Å². The van der Waals surface area contributed by atoms with Crippen molar-refractivity contribution in [1.29, 1.82) is 0 Å². The highest BCUT2D eigenvalue weighted by atomic mass is 35.5. The number of hydrogen-bond donors (Lipinski definition) is 0. The molecule has 1 rings (SSSR count). The maximum atomic E-state index is 5.77. The Morgan fingerprint density at radius 3 is 2.50 bits per heavy atom. The van der Waals surface area contributed by atoms with Crippen LogP contribution in [0.3, 0.4) is 0 Å². The average molecular weight is 175 g/mol. The van der Waals surface area contributed by atoms with E-state index in [9.17, 15) is 0 Å². The zero-order valence-corrected chi connectivity index (χ0v) is 7.21. The number of aryl methyl sites for hydroxylation is 1. The Kier molecular flexibility index (Phi) is 2.58. The van der Waals surface area contributed by atoms with Crippen molar-refractivity contribution in [1.82, 2.24) is 0 Å². The predicted molar refractivity (Wildman–Crippen MR) is 45.7 cm³/mol. The number of benzene rings is 1. The van der Waals surface area contributed by atoms with Crippen molar-refractivity contribution < 1.29 is 0 Å². The van der Waals surface area contributed by atoms with Crippen LogP contribution in [0.25, 0.3) is 0 Å². The van der Waals surface area contributed by atoms with Gasteiger partial charge >= 0.3 is 0 Å². The Hall–Kier alpha value is -0.200. The van der Waals surface area contributed by atoms with Gasteiger partial charge in [0.05, 0.1) is 0 Å². The Balaban J connectivity index is 3.06. The fourth-order valence-corrected chi connectivity index (χ4v) is 1.36. The molecule has 0 radical (unpaired) electrons. The number of rotatable bonds is 1. The second kappa shape index (κ2) is 3.27. The lowest BCUT2D eigenvalue weighted by Crippen LogP contribution is -1.79. The van der Waals surface area contributed by atoms with Crippen LogP contribution in [0.4, 0.5) is 0 Å². The van der Waals surface area contributed by atoms with Gasteiger partial charge in [0.1, 0.15) is 0 Å². The first-order valence-corrected chi connectivity index (χ1v) is 3.95. The van der Waals surface area contributed by atoms with Gasteiger partial charge in [-0.2, -0.15) is 0 Å². The topological polar surface area (TPSA) is 0 Å². The standard InChI is InChI=1S/C8H8Cl2/c1-6-2-7(5-9)4-8(10)3-6/h2-4H,5H2,1H3. The molecular formula is C8H8Cl2. The van der Waals surface area contributed by atoms with Gasteiger partial charge in [-0.1, -0.05) is 17.7 Å². The highest BCUT2D eigenvalue weighted by Gasteiger charge is 1.93. The highest BCUT2D eigenvalue weighted by Crippen LogP contribution is 2.15. The first-order chi connectivity index (χ1) is 4.72. The van der Waals surface area contributed by atoms with Crippen molar-refractivity contribution in [2.24, 2.45) is 0 Å². The zero-order chi connectivity index (χ0) is 7.56. The van der Waals surface area contributed by atoms with Gasteiger partial charge in [0.2, 0.25) is 0 Å². The van der Waals surface area contributed by atoms with Crippen LogP contribution in [0.2, 0.25) is 5.02 Å². The number of halogens is 2. The molecule has 0 saturated carbocycles. The summed E-state index contributed by atoms with van der Waals surface area (Å²) in [5.41, 5.74) is 2.23. The molecule has 0 saturated heterocycles. The maximum Gasteiger partial charge on any atom is 0.0474 e. The van der Waals surface area contributed by atoms with Gasteiger partial charge in [-0.3, -0.25) is 0 Å². The van der Waals surface area contributed by atoms with Gasteiger partial charge in [0.15, 0.2) is 0 Å². The molecular weight excluding hydrogens is 167 g/mol. The molecule has 0 amide bonds. The van der Waals surface area contributed by atoms with Crippen molar-refractivity contribution in [3.63, 3.8) is 0 Å². The van der Waals surface area contributed by atoms with Crippen LogP contribution in [0.1, 0.15) is 11.1 Å². The minimum atomic E-state index is 0.529. The van der Waals surface area contributed by atoms with Crippen LogP contribution < -0.4 is 0 Å². The summed E-state index contributed by atoms with van der Waals surface area (Å²) >= 11 is 11.4. The summed E-state index contributed by atoms with van der Waals surface area (Å²) in [4.78, 5) is 0. The summed E-state index contributed by atoms with van der Waals surface area (Å²) in [7, 11) is 0. The molecule has 0 atom stereocenters. The van der Waals surface area contributed by atoms with Crippen molar-refractivity contribution in [2.75, 3.05) is 0 Å². The van der Waals surface area contributed by atoms with Crippen LogP contribution in [0.5, 0.6) is 0 Å². The third-order valence-corrected chi connectivity index (χ3v) is 1.78. The molecule has 0 fully saturated rings. The second-order valence-corrected chi connectivity index (χ2v) is 2.97. The van der Waals surface area contributed by atoms with Crippen molar-refractivity contribution in [2.45, 2.75) is 12.8 Å². The van der Waals surface area contributed by atoms with Crippen LogP contribution in [0.15, 0.2) is 18.2 Å². The van der Waals surface area contributed by atoms with Crippen molar-refractivity contribution in [3.05, 3.63) is 34.3 Å². The fraction of sp³-hybridized carbons (Fsp3) is 0.250. The maximum absolute atomic E-state index is 5.77. The molecule has 0 aliphatic rings. The molecule has 1 aromatic carbocycles. The predicted octanol–water partition coefficient (Wildman–Crippen LogP) is 3.39. The number of alkyl halides is 1. The molecule has 0 spiro atoms. The van der Waals surface area contributed by atoms with E-state index in [4.69, 9.17) is 23.2 Å². The van der Waals surface area contributed by atoms with Gasteiger partial charge in [-0.05, 0) is 30.2 Å². The van der Waals surface area contributed by atoms with E-state index in [1.165, 1.54) is 0 Å². The first-order valence-electron chi connectivity index (χ1n) is 3.04. The quantitative estimate of drug-likeness (QED) is 0.574. The lowest BCUT2D eigenvalue weighted by atomic mass is 10.2. The van der Waals surface area contributed by atoms with Crippen molar-refractivity contribution in [3.8, 4) is 0 Å².